The monoisotopic (exact) mass is 410 g/mol. The molecule has 1 N–H and O–H groups in total. The number of carboxylic acid groups (broad SMARTS) is 1. The Morgan fingerprint density at radius 1 is 0.900 bits per heavy atom. The predicted octanol–water partition coefficient (Wildman–Crippen LogP) is 8.04. The Kier molecular flexibility index (Phi) is 9.10. The molecule has 1 heterocycles. The van der Waals surface area contributed by atoms with E-state index in [-0.39, 0.29) is 5.41 Å². The second-order valence-corrected chi connectivity index (χ2v) is 9.20. The van der Waals surface area contributed by atoms with Crippen molar-refractivity contribution in [2.45, 2.75) is 103 Å². The van der Waals surface area contributed by atoms with Crippen molar-refractivity contribution in [2.75, 3.05) is 0 Å². The van der Waals surface area contributed by atoms with Gasteiger partial charge in [0.1, 0.15) is 0 Å². The van der Waals surface area contributed by atoms with Crippen molar-refractivity contribution >= 4 is 5.97 Å². The van der Waals surface area contributed by atoms with Crippen LogP contribution in [-0.2, 0) is 4.79 Å². The van der Waals surface area contributed by atoms with Crippen LogP contribution in [0.2, 0.25) is 0 Å². The summed E-state index contributed by atoms with van der Waals surface area (Å²) in [5.74, 6) is -0.661. The van der Waals surface area contributed by atoms with E-state index in [2.05, 4.69) is 34.5 Å². The van der Waals surface area contributed by atoms with E-state index in [1.54, 1.807) is 0 Å². The van der Waals surface area contributed by atoms with Crippen LogP contribution in [-0.4, -0.2) is 11.1 Å². The second-order valence-electron chi connectivity index (χ2n) is 9.20. The van der Waals surface area contributed by atoms with Gasteiger partial charge < -0.3 is 5.11 Å². The fraction of sp³-hybridized carbons (Fsp3) is 0.654. The Morgan fingerprint density at radius 2 is 1.50 bits per heavy atom. The van der Waals surface area contributed by atoms with E-state index in [1.165, 1.54) is 88.2 Å². The lowest BCUT2D eigenvalue weighted by Gasteiger charge is -2.34. The zero-order chi connectivity index (χ0) is 21.1. The van der Waals surface area contributed by atoms with Crippen LogP contribution in [0.25, 0.3) is 0 Å². The lowest BCUT2D eigenvalue weighted by Crippen LogP contribution is -2.22. The van der Waals surface area contributed by atoms with Gasteiger partial charge in [0.15, 0.2) is 0 Å². The van der Waals surface area contributed by atoms with Gasteiger partial charge in [0.05, 0.1) is 11.9 Å². The third-order valence-electron chi connectivity index (χ3n) is 6.79. The number of hydrogen-bond donors (Lipinski definition) is 1. The lowest BCUT2D eigenvalue weighted by atomic mass is 9.70. The maximum absolute atomic E-state index is 10.5. The molecular weight excluding hydrogens is 372 g/mol. The van der Waals surface area contributed by atoms with E-state index in [4.69, 9.17) is 5.11 Å². The number of azo groups is 1. The van der Waals surface area contributed by atoms with Crippen LogP contribution >= 0.6 is 0 Å². The third kappa shape index (κ3) is 6.78. The lowest BCUT2D eigenvalue weighted by molar-refractivity contribution is -0.137. The molecule has 3 rings (SSSR count). The topological polar surface area (TPSA) is 62.0 Å². The van der Waals surface area contributed by atoms with Crippen molar-refractivity contribution in [2.24, 2.45) is 15.6 Å². The van der Waals surface area contributed by atoms with E-state index in [0.717, 1.165) is 25.0 Å². The molecule has 0 fully saturated rings. The molecule has 1 atom stereocenters. The highest BCUT2D eigenvalue weighted by atomic mass is 16.4. The van der Waals surface area contributed by atoms with Gasteiger partial charge in [-0.3, -0.25) is 4.79 Å². The van der Waals surface area contributed by atoms with E-state index < -0.39 is 5.97 Å². The molecule has 0 saturated heterocycles. The Bertz CT molecular complexity index is 729. The number of rotatable bonds is 16. The summed E-state index contributed by atoms with van der Waals surface area (Å²) in [6, 6.07) is 0. The van der Waals surface area contributed by atoms with Gasteiger partial charge in [-0.05, 0) is 30.9 Å². The maximum Gasteiger partial charge on any atom is 0.303 e. The van der Waals surface area contributed by atoms with Gasteiger partial charge in [-0.2, -0.15) is 10.2 Å². The average molecular weight is 411 g/mol. The first-order valence-electron chi connectivity index (χ1n) is 12.1. The van der Waals surface area contributed by atoms with Crippen molar-refractivity contribution in [3.8, 4) is 0 Å². The van der Waals surface area contributed by atoms with Crippen LogP contribution in [0, 0.1) is 5.41 Å². The normalized spacial score (nSPS) is 21.3. The van der Waals surface area contributed by atoms with Crippen molar-refractivity contribution in [3.05, 3.63) is 47.3 Å². The van der Waals surface area contributed by atoms with Crippen molar-refractivity contribution in [3.63, 3.8) is 0 Å². The summed E-state index contributed by atoms with van der Waals surface area (Å²) in [5, 5.41) is 16.9. The summed E-state index contributed by atoms with van der Waals surface area (Å²) in [7, 11) is 0. The molecule has 0 saturated carbocycles. The molecule has 4 heteroatoms. The molecule has 30 heavy (non-hydrogen) atoms. The Labute approximate surface area is 181 Å². The van der Waals surface area contributed by atoms with Gasteiger partial charge in [0.2, 0.25) is 0 Å². The summed E-state index contributed by atoms with van der Waals surface area (Å²) >= 11 is 0. The highest BCUT2D eigenvalue weighted by Gasteiger charge is 2.38. The quantitative estimate of drug-likeness (QED) is 0.262. The molecule has 1 unspecified atom stereocenters. The molecule has 0 spiro atoms. The fourth-order valence-electron chi connectivity index (χ4n) is 4.96. The van der Waals surface area contributed by atoms with Gasteiger partial charge >= 0.3 is 5.97 Å². The Balaban J connectivity index is 1.15. The molecule has 0 radical (unpaired) electrons. The summed E-state index contributed by atoms with van der Waals surface area (Å²) in [6.07, 6.45) is 30.2. The first kappa shape index (κ1) is 22.7. The van der Waals surface area contributed by atoms with Gasteiger partial charge in [0, 0.05) is 17.4 Å². The van der Waals surface area contributed by atoms with Crippen LogP contribution in [0.15, 0.2) is 57.6 Å². The van der Waals surface area contributed by atoms with Crippen molar-refractivity contribution < 1.29 is 9.90 Å². The molecule has 2 aliphatic carbocycles. The summed E-state index contributed by atoms with van der Waals surface area (Å²) in [5.41, 5.74) is 4.01. The fourth-order valence-corrected chi connectivity index (χ4v) is 4.96. The largest absolute Gasteiger partial charge is 0.481 e. The first-order valence-corrected chi connectivity index (χ1v) is 12.1. The number of nitrogens with zero attached hydrogens (tertiary/aromatic N) is 2. The standard InChI is InChI=1S/C26H38N2O2/c29-25(30)16-12-10-8-6-4-2-1-3-5-7-9-11-13-17-26-18-14-15-23(26)19-24-22(20-26)21-27-28-24/h14-15,18-19,21H,1-13,16-17,20H2,(H,29,30). The van der Waals surface area contributed by atoms with E-state index in [0.29, 0.717) is 6.42 Å². The summed E-state index contributed by atoms with van der Waals surface area (Å²) < 4.78 is 0. The van der Waals surface area contributed by atoms with Gasteiger partial charge in [-0.1, -0.05) is 95.3 Å². The van der Waals surface area contributed by atoms with E-state index in [1.807, 2.05) is 6.20 Å². The average Bonchev–Trinajstić information content (AvgIpc) is 3.34. The number of fused-ring (bicyclic) bond motifs is 2. The van der Waals surface area contributed by atoms with Crippen LogP contribution in [0.1, 0.15) is 103 Å². The van der Waals surface area contributed by atoms with Gasteiger partial charge in [-0.15, -0.1) is 0 Å². The molecule has 3 aliphatic rings. The van der Waals surface area contributed by atoms with Crippen LogP contribution in [0.5, 0.6) is 0 Å². The Morgan fingerprint density at radius 3 is 2.13 bits per heavy atom. The van der Waals surface area contributed by atoms with Crippen LogP contribution in [0.3, 0.4) is 0 Å². The van der Waals surface area contributed by atoms with Crippen LogP contribution < -0.4 is 0 Å². The summed E-state index contributed by atoms with van der Waals surface area (Å²) in [4.78, 5) is 10.5. The first-order chi connectivity index (χ1) is 14.7. The molecule has 0 aromatic carbocycles. The SMILES string of the molecule is O=C(O)CCCCCCCCCCCCCCCC12C=CC=C1C=C1N=NC=C1C2. The van der Waals surface area contributed by atoms with E-state index >= 15 is 0 Å². The molecular formula is C26H38N2O2. The van der Waals surface area contributed by atoms with Crippen molar-refractivity contribution in [1.82, 2.24) is 0 Å². The smallest absolute Gasteiger partial charge is 0.303 e. The number of aliphatic carboxylic acids is 1. The predicted molar refractivity (Wildman–Crippen MR) is 122 cm³/mol. The van der Waals surface area contributed by atoms with Gasteiger partial charge in [0.25, 0.3) is 0 Å². The minimum Gasteiger partial charge on any atom is -0.481 e. The maximum atomic E-state index is 10.5. The second kappa shape index (κ2) is 12.0. The number of hydrogen-bond acceptors (Lipinski definition) is 3. The summed E-state index contributed by atoms with van der Waals surface area (Å²) in [6.45, 7) is 0. The number of carboxylic acids is 1. The zero-order valence-corrected chi connectivity index (χ0v) is 18.5. The third-order valence-corrected chi connectivity index (χ3v) is 6.79. The minimum atomic E-state index is -0.661. The highest BCUT2D eigenvalue weighted by Crippen LogP contribution is 2.50. The molecule has 164 valence electrons. The molecule has 4 nitrogen and oxygen atoms in total. The molecule has 0 amide bonds. The molecule has 1 aliphatic heterocycles. The number of carbonyl (C=O) groups is 1. The Hall–Kier alpha value is -1.97. The molecule has 0 aromatic heterocycles. The number of allylic oxidation sites excluding steroid dienone is 6. The molecule has 0 aromatic rings. The van der Waals surface area contributed by atoms with Crippen molar-refractivity contribution in [1.29, 1.82) is 0 Å². The molecule has 0 bridgehead atoms. The zero-order valence-electron chi connectivity index (χ0n) is 18.5. The minimum absolute atomic E-state index is 0.207. The highest BCUT2D eigenvalue weighted by molar-refractivity contribution is 5.66. The number of unbranched alkanes of at least 4 members (excludes halogenated alkanes) is 12. The van der Waals surface area contributed by atoms with Gasteiger partial charge in [-0.25, -0.2) is 0 Å². The van der Waals surface area contributed by atoms with E-state index in [9.17, 15) is 4.79 Å². The van der Waals surface area contributed by atoms with Crippen LogP contribution in [0.4, 0.5) is 0 Å².